The molecule has 2 aliphatic heterocycles. The minimum Gasteiger partial charge on any atom is -0.382 e. The molecule has 17 heavy (non-hydrogen) atoms. The average Bonchev–Trinajstić information content (AvgIpc) is 2.68. The van der Waals surface area contributed by atoms with Gasteiger partial charge in [-0.25, -0.2) is 5.48 Å². The molecule has 1 aromatic rings. The van der Waals surface area contributed by atoms with Crippen molar-refractivity contribution >= 4 is 17.4 Å². The fourth-order valence-electron chi connectivity index (χ4n) is 1.84. The van der Waals surface area contributed by atoms with Gasteiger partial charge in [0.25, 0.3) is 11.8 Å². The second kappa shape index (κ2) is 3.48. The van der Waals surface area contributed by atoms with Crippen molar-refractivity contribution in [2.45, 2.75) is 0 Å². The lowest BCUT2D eigenvalue weighted by Crippen LogP contribution is -2.24. The summed E-state index contributed by atoms with van der Waals surface area (Å²) < 4.78 is 0. The van der Waals surface area contributed by atoms with E-state index in [4.69, 9.17) is 4.84 Å². The van der Waals surface area contributed by atoms with Gasteiger partial charge in [-0.05, 0) is 6.07 Å². The number of benzene rings is 1. The van der Waals surface area contributed by atoms with Gasteiger partial charge < -0.3 is 4.84 Å². The summed E-state index contributed by atoms with van der Waals surface area (Å²) in [7, 11) is 0. The Bertz CT molecular complexity index is 587. The second-order valence-electron chi connectivity index (χ2n) is 3.65. The molecule has 84 valence electrons. The number of amides is 2. The van der Waals surface area contributed by atoms with E-state index >= 15 is 0 Å². The van der Waals surface area contributed by atoms with Crippen LogP contribution in [0, 0.1) is 0 Å². The first-order valence-corrected chi connectivity index (χ1v) is 5.05. The molecule has 0 aromatic heterocycles. The predicted octanol–water partition coefficient (Wildman–Crippen LogP) is 0.507. The SMILES string of the molecule is O=C1C=C(C2=CNOc3ccccc32)C(=O)N1. The Morgan fingerprint density at radius 3 is 2.65 bits per heavy atom. The van der Waals surface area contributed by atoms with E-state index in [9.17, 15) is 9.59 Å². The Balaban J connectivity index is 2.11. The lowest BCUT2D eigenvalue weighted by Gasteiger charge is -2.18. The average molecular weight is 228 g/mol. The highest BCUT2D eigenvalue weighted by atomic mass is 16.6. The molecule has 0 unspecified atom stereocenters. The van der Waals surface area contributed by atoms with Gasteiger partial charge in [0, 0.05) is 23.4 Å². The van der Waals surface area contributed by atoms with Crippen molar-refractivity contribution in [1.82, 2.24) is 10.8 Å². The van der Waals surface area contributed by atoms with Crippen LogP contribution in [0.1, 0.15) is 5.56 Å². The van der Waals surface area contributed by atoms with E-state index in [-0.39, 0.29) is 5.91 Å². The number of fused-ring (bicyclic) bond motifs is 1. The number of imide groups is 1. The summed E-state index contributed by atoms with van der Waals surface area (Å²) in [6.45, 7) is 0. The first-order chi connectivity index (χ1) is 8.25. The van der Waals surface area contributed by atoms with Gasteiger partial charge in [0.15, 0.2) is 5.75 Å². The van der Waals surface area contributed by atoms with E-state index in [1.807, 2.05) is 18.2 Å². The number of para-hydroxylation sites is 1. The summed E-state index contributed by atoms with van der Waals surface area (Å²) in [4.78, 5) is 27.9. The van der Waals surface area contributed by atoms with Crippen LogP contribution in [-0.4, -0.2) is 11.8 Å². The number of carbonyl (C=O) groups excluding carboxylic acids is 2. The maximum Gasteiger partial charge on any atom is 0.258 e. The highest BCUT2D eigenvalue weighted by Gasteiger charge is 2.27. The number of hydrogen-bond donors (Lipinski definition) is 2. The van der Waals surface area contributed by atoms with Crippen LogP contribution < -0.4 is 15.6 Å². The van der Waals surface area contributed by atoms with Crippen molar-refractivity contribution in [2.75, 3.05) is 0 Å². The third kappa shape index (κ3) is 1.48. The molecule has 1 aromatic carbocycles. The van der Waals surface area contributed by atoms with Gasteiger partial charge in [0.05, 0.1) is 5.57 Å². The normalized spacial score (nSPS) is 17.4. The molecule has 0 bridgehead atoms. The number of carbonyl (C=O) groups is 2. The zero-order chi connectivity index (χ0) is 11.8. The first kappa shape index (κ1) is 9.65. The molecule has 2 aliphatic rings. The van der Waals surface area contributed by atoms with Crippen molar-refractivity contribution < 1.29 is 14.4 Å². The van der Waals surface area contributed by atoms with Gasteiger partial charge in [-0.1, -0.05) is 18.2 Å². The molecule has 0 saturated carbocycles. The molecular weight excluding hydrogens is 220 g/mol. The van der Waals surface area contributed by atoms with Gasteiger partial charge in [-0.15, -0.1) is 0 Å². The zero-order valence-electron chi connectivity index (χ0n) is 8.69. The van der Waals surface area contributed by atoms with Crippen molar-refractivity contribution in [3.05, 3.63) is 47.7 Å². The first-order valence-electron chi connectivity index (χ1n) is 5.05. The van der Waals surface area contributed by atoms with Crippen LogP contribution in [-0.2, 0) is 9.59 Å². The van der Waals surface area contributed by atoms with Crippen molar-refractivity contribution in [3.8, 4) is 5.75 Å². The lowest BCUT2D eigenvalue weighted by atomic mass is 9.97. The van der Waals surface area contributed by atoms with Crippen LogP contribution in [0.15, 0.2) is 42.1 Å². The molecule has 2 heterocycles. The van der Waals surface area contributed by atoms with Crippen molar-refractivity contribution in [2.24, 2.45) is 0 Å². The highest BCUT2D eigenvalue weighted by molar-refractivity contribution is 6.24. The van der Waals surface area contributed by atoms with Gasteiger partial charge >= 0.3 is 0 Å². The van der Waals surface area contributed by atoms with E-state index < -0.39 is 5.91 Å². The number of rotatable bonds is 1. The summed E-state index contributed by atoms with van der Waals surface area (Å²) in [6.07, 6.45) is 2.85. The molecule has 0 spiro atoms. The quantitative estimate of drug-likeness (QED) is 0.687. The Hall–Kier alpha value is -2.56. The minimum atomic E-state index is -0.394. The van der Waals surface area contributed by atoms with E-state index in [2.05, 4.69) is 10.8 Å². The third-order valence-electron chi connectivity index (χ3n) is 2.60. The zero-order valence-corrected chi connectivity index (χ0v) is 8.69. The monoisotopic (exact) mass is 228 g/mol. The molecule has 2 amide bonds. The molecule has 0 atom stereocenters. The summed E-state index contributed by atoms with van der Waals surface area (Å²) in [6, 6.07) is 7.29. The summed E-state index contributed by atoms with van der Waals surface area (Å²) in [5.41, 5.74) is 4.38. The van der Waals surface area contributed by atoms with Gasteiger partial charge in [0.2, 0.25) is 0 Å². The molecule has 0 saturated heterocycles. The number of hydrogen-bond acceptors (Lipinski definition) is 4. The van der Waals surface area contributed by atoms with Gasteiger partial charge in [-0.3, -0.25) is 14.9 Å². The highest BCUT2D eigenvalue weighted by Crippen LogP contribution is 2.33. The molecule has 3 rings (SSSR count). The minimum absolute atomic E-state index is 0.346. The fourth-order valence-corrected chi connectivity index (χ4v) is 1.84. The van der Waals surface area contributed by atoms with Crippen molar-refractivity contribution in [1.29, 1.82) is 0 Å². The van der Waals surface area contributed by atoms with Crippen molar-refractivity contribution in [3.63, 3.8) is 0 Å². The van der Waals surface area contributed by atoms with E-state index in [1.165, 1.54) is 6.08 Å². The molecule has 0 aliphatic carbocycles. The summed E-state index contributed by atoms with van der Waals surface area (Å²) in [5.74, 6) is -0.160. The predicted molar refractivity (Wildman–Crippen MR) is 59.4 cm³/mol. The Labute approximate surface area is 96.7 Å². The Morgan fingerprint density at radius 1 is 1.06 bits per heavy atom. The number of hydroxylamine groups is 1. The molecule has 5 nitrogen and oxygen atoms in total. The van der Waals surface area contributed by atoms with Crippen LogP contribution in [0.25, 0.3) is 5.57 Å². The topological polar surface area (TPSA) is 67.4 Å². The van der Waals surface area contributed by atoms with Crippen LogP contribution in [0.2, 0.25) is 0 Å². The molecular formula is C12H8N2O3. The summed E-state index contributed by atoms with van der Waals surface area (Å²) in [5, 5.41) is 2.22. The van der Waals surface area contributed by atoms with Gasteiger partial charge in [-0.2, -0.15) is 0 Å². The number of nitrogens with one attached hydrogen (secondary N) is 2. The Kier molecular flexibility index (Phi) is 1.98. The smallest absolute Gasteiger partial charge is 0.258 e. The van der Waals surface area contributed by atoms with Crippen LogP contribution in [0.5, 0.6) is 5.75 Å². The standard InChI is InChI=1S/C12H8N2O3/c15-11-5-8(12(16)14-11)9-6-13-17-10-4-2-1-3-7(9)10/h1-6,13H,(H,14,15,16). The molecule has 0 radical (unpaired) electrons. The van der Waals surface area contributed by atoms with E-state index in [0.717, 1.165) is 5.56 Å². The van der Waals surface area contributed by atoms with Gasteiger partial charge in [0.1, 0.15) is 0 Å². The maximum absolute atomic E-state index is 11.6. The summed E-state index contributed by atoms with van der Waals surface area (Å²) >= 11 is 0. The van der Waals surface area contributed by atoms with Crippen LogP contribution in [0.4, 0.5) is 0 Å². The molecule has 2 N–H and O–H groups in total. The molecule has 0 fully saturated rings. The third-order valence-corrected chi connectivity index (χ3v) is 2.60. The largest absolute Gasteiger partial charge is 0.382 e. The lowest BCUT2D eigenvalue weighted by molar-refractivity contribution is -0.123. The maximum atomic E-state index is 11.6. The Morgan fingerprint density at radius 2 is 1.88 bits per heavy atom. The van der Waals surface area contributed by atoms with Crippen LogP contribution in [0.3, 0.4) is 0 Å². The fraction of sp³-hybridized carbons (Fsp3) is 0. The van der Waals surface area contributed by atoms with Crippen LogP contribution >= 0.6 is 0 Å². The second-order valence-corrected chi connectivity index (χ2v) is 3.65. The van der Waals surface area contributed by atoms with E-state index in [1.54, 1.807) is 12.3 Å². The molecule has 5 heteroatoms. The van der Waals surface area contributed by atoms with E-state index in [0.29, 0.717) is 16.9 Å².